The summed E-state index contributed by atoms with van der Waals surface area (Å²) in [5, 5.41) is 3.93. The van der Waals surface area contributed by atoms with Gasteiger partial charge in [-0.05, 0) is 12.1 Å². The summed E-state index contributed by atoms with van der Waals surface area (Å²) in [6, 6.07) is 9.46. The second kappa shape index (κ2) is 5.53. The van der Waals surface area contributed by atoms with Gasteiger partial charge < -0.3 is 15.0 Å². The first kappa shape index (κ1) is 12.5. The first-order valence-corrected chi connectivity index (χ1v) is 4.64. The highest BCUT2D eigenvalue weighted by atomic mass is 35.5. The Morgan fingerprint density at radius 2 is 2.12 bits per heavy atom. The number of benzene rings is 1. The van der Waals surface area contributed by atoms with Crippen LogP contribution in [-0.4, -0.2) is 12.3 Å². The zero-order chi connectivity index (χ0) is 10.7. The number of rotatable bonds is 3. The molecule has 86 valence electrons. The lowest BCUT2D eigenvalue weighted by Crippen LogP contribution is -1.92. The average molecular weight is 241 g/mol. The van der Waals surface area contributed by atoms with Crippen LogP contribution in [0.25, 0.3) is 11.3 Å². The minimum atomic E-state index is 0. The summed E-state index contributed by atoms with van der Waals surface area (Å²) in [7, 11) is 1.63. The van der Waals surface area contributed by atoms with Crippen molar-refractivity contribution in [2.75, 3.05) is 7.11 Å². The first-order valence-electron chi connectivity index (χ1n) is 4.64. The molecule has 0 spiro atoms. The Hall–Kier alpha value is -1.52. The molecular formula is C11H13ClN2O2. The maximum absolute atomic E-state index is 5.45. The second-order valence-corrected chi connectivity index (χ2v) is 3.08. The Labute approximate surface area is 99.8 Å². The molecule has 0 bridgehead atoms. The fourth-order valence-corrected chi connectivity index (χ4v) is 1.39. The maximum atomic E-state index is 5.45. The van der Waals surface area contributed by atoms with Gasteiger partial charge in [-0.25, -0.2) is 0 Å². The van der Waals surface area contributed by atoms with Gasteiger partial charge in [0.05, 0.1) is 13.7 Å². The van der Waals surface area contributed by atoms with E-state index in [0.717, 1.165) is 17.0 Å². The van der Waals surface area contributed by atoms with E-state index in [2.05, 4.69) is 5.16 Å². The van der Waals surface area contributed by atoms with Crippen LogP contribution in [0.2, 0.25) is 0 Å². The minimum absolute atomic E-state index is 0. The Morgan fingerprint density at radius 3 is 2.75 bits per heavy atom. The highest BCUT2D eigenvalue weighted by molar-refractivity contribution is 5.85. The van der Waals surface area contributed by atoms with Gasteiger partial charge in [0.1, 0.15) is 11.4 Å². The van der Waals surface area contributed by atoms with Gasteiger partial charge in [0.25, 0.3) is 0 Å². The predicted molar refractivity (Wildman–Crippen MR) is 63.6 cm³/mol. The second-order valence-electron chi connectivity index (χ2n) is 3.08. The summed E-state index contributed by atoms with van der Waals surface area (Å²) in [6.07, 6.45) is 0. The molecule has 0 saturated carbocycles. The number of aromatic nitrogens is 1. The quantitative estimate of drug-likeness (QED) is 0.894. The van der Waals surface area contributed by atoms with E-state index in [-0.39, 0.29) is 12.4 Å². The zero-order valence-electron chi connectivity index (χ0n) is 8.84. The third kappa shape index (κ3) is 2.35. The molecule has 0 aliphatic heterocycles. The summed E-state index contributed by atoms with van der Waals surface area (Å²) < 4.78 is 10.3. The van der Waals surface area contributed by atoms with E-state index in [0.29, 0.717) is 12.3 Å². The van der Waals surface area contributed by atoms with E-state index in [1.807, 2.05) is 30.3 Å². The van der Waals surface area contributed by atoms with Gasteiger partial charge in [-0.15, -0.1) is 12.4 Å². The van der Waals surface area contributed by atoms with Gasteiger partial charge in [0, 0.05) is 11.6 Å². The number of nitrogens with zero attached hydrogens (tertiary/aromatic N) is 1. The number of ether oxygens (including phenoxy) is 1. The molecule has 0 atom stereocenters. The number of para-hydroxylation sites is 1. The van der Waals surface area contributed by atoms with Crippen molar-refractivity contribution in [3.8, 4) is 17.0 Å². The Balaban J connectivity index is 0.00000128. The van der Waals surface area contributed by atoms with Crippen molar-refractivity contribution in [2.45, 2.75) is 6.54 Å². The molecular weight excluding hydrogens is 228 g/mol. The van der Waals surface area contributed by atoms with E-state index in [4.69, 9.17) is 15.0 Å². The van der Waals surface area contributed by atoms with Crippen LogP contribution < -0.4 is 10.5 Å². The first-order chi connectivity index (χ1) is 7.35. The van der Waals surface area contributed by atoms with Crippen molar-refractivity contribution in [3.05, 3.63) is 36.1 Å². The van der Waals surface area contributed by atoms with Crippen LogP contribution in [0, 0.1) is 0 Å². The molecule has 1 aromatic heterocycles. The molecule has 4 nitrogen and oxygen atoms in total. The van der Waals surface area contributed by atoms with Gasteiger partial charge in [-0.2, -0.15) is 0 Å². The van der Waals surface area contributed by atoms with Crippen LogP contribution in [0.4, 0.5) is 0 Å². The standard InChI is InChI=1S/C11H12N2O2.ClH/c1-14-11-5-3-2-4-9(11)10-6-8(7-12)15-13-10;/h2-6H,7,12H2,1H3;1H. The van der Waals surface area contributed by atoms with Crippen LogP contribution in [-0.2, 0) is 6.54 Å². The van der Waals surface area contributed by atoms with Crippen LogP contribution in [0.3, 0.4) is 0 Å². The summed E-state index contributed by atoms with van der Waals surface area (Å²) in [5.74, 6) is 1.44. The number of hydrogen-bond donors (Lipinski definition) is 1. The van der Waals surface area contributed by atoms with E-state index in [1.54, 1.807) is 7.11 Å². The fourth-order valence-electron chi connectivity index (χ4n) is 1.39. The van der Waals surface area contributed by atoms with Crippen LogP contribution >= 0.6 is 12.4 Å². The van der Waals surface area contributed by atoms with Crippen molar-refractivity contribution in [2.24, 2.45) is 5.73 Å². The number of halogens is 1. The summed E-state index contributed by atoms with van der Waals surface area (Å²) in [4.78, 5) is 0. The monoisotopic (exact) mass is 240 g/mol. The number of methoxy groups -OCH3 is 1. The molecule has 0 fully saturated rings. The largest absolute Gasteiger partial charge is 0.496 e. The van der Waals surface area contributed by atoms with E-state index in [1.165, 1.54) is 0 Å². The molecule has 0 aliphatic rings. The topological polar surface area (TPSA) is 61.3 Å². The van der Waals surface area contributed by atoms with Crippen molar-refractivity contribution in [3.63, 3.8) is 0 Å². The van der Waals surface area contributed by atoms with Crippen LogP contribution in [0.5, 0.6) is 5.75 Å². The highest BCUT2D eigenvalue weighted by Crippen LogP contribution is 2.28. The van der Waals surface area contributed by atoms with E-state index >= 15 is 0 Å². The molecule has 0 aliphatic carbocycles. The minimum Gasteiger partial charge on any atom is -0.496 e. The zero-order valence-corrected chi connectivity index (χ0v) is 9.66. The summed E-state index contributed by atoms with van der Waals surface area (Å²) in [5.41, 5.74) is 7.10. The molecule has 16 heavy (non-hydrogen) atoms. The van der Waals surface area contributed by atoms with Gasteiger partial charge in [-0.1, -0.05) is 17.3 Å². The lowest BCUT2D eigenvalue weighted by molar-refractivity contribution is 0.385. The van der Waals surface area contributed by atoms with Crippen molar-refractivity contribution < 1.29 is 9.26 Å². The Kier molecular flexibility index (Phi) is 4.34. The molecule has 0 saturated heterocycles. The third-order valence-corrected chi connectivity index (χ3v) is 2.14. The molecule has 0 radical (unpaired) electrons. The lowest BCUT2D eigenvalue weighted by atomic mass is 10.1. The molecule has 2 N–H and O–H groups in total. The van der Waals surface area contributed by atoms with Gasteiger partial charge in [0.2, 0.25) is 0 Å². The third-order valence-electron chi connectivity index (χ3n) is 2.14. The van der Waals surface area contributed by atoms with Crippen LogP contribution in [0.15, 0.2) is 34.9 Å². The predicted octanol–water partition coefficient (Wildman–Crippen LogP) is 2.23. The molecule has 1 aromatic carbocycles. The highest BCUT2D eigenvalue weighted by Gasteiger charge is 2.09. The van der Waals surface area contributed by atoms with Crippen molar-refractivity contribution in [1.82, 2.24) is 5.16 Å². The SMILES string of the molecule is COc1ccccc1-c1cc(CN)on1.Cl. The molecule has 0 amide bonds. The Bertz CT molecular complexity index is 457. The fraction of sp³-hybridized carbons (Fsp3) is 0.182. The lowest BCUT2D eigenvalue weighted by Gasteiger charge is -2.03. The van der Waals surface area contributed by atoms with Crippen molar-refractivity contribution in [1.29, 1.82) is 0 Å². The van der Waals surface area contributed by atoms with Crippen molar-refractivity contribution >= 4 is 12.4 Å². The number of hydrogen-bond acceptors (Lipinski definition) is 4. The van der Waals surface area contributed by atoms with Gasteiger partial charge >= 0.3 is 0 Å². The summed E-state index contributed by atoms with van der Waals surface area (Å²) in [6.45, 7) is 0.349. The number of nitrogens with two attached hydrogens (primary N) is 1. The summed E-state index contributed by atoms with van der Waals surface area (Å²) >= 11 is 0. The maximum Gasteiger partial charge on any atom is 0.150 e. The molecule has 5 heteroatoms. The van der Waals surface area contributed by atoms with Crippen LogP contribution in [0.1, 0.15) is 5.76 Å². The average Bonchev–Trinajstić information content (AvgIpc) is 2.77. The normalized spacial score (nSPS) is 9.62. The van der Waals surface area contributed by atoms with E-state index < -0.39 is 0 Å². The molecule has 2 aromatic rings. The molecule has 0 unspecified atom stereocenters. The smallest absolute Gasteiger partial charge is 0.150 e. The Morgan fingerprint density at radius 1 is 1.38 bits per heavy atom. The van der Waals surface area contributed by atoms with E-state index in [9.17, 15) is 0 Å². The van der Waals surface area contributed by atoms with Gasteiger partial charge in [0.15, 0.2) is 5.76 Å². The van der Waals surface area contributed by atoms with Gasteiger partial charge in [-0.3, -0.25) is 0 Å². The molecule has 1 heterocycles. The molecule has 2 rings (SSSR count).